The molecule has 2 aromatic rings. The molecule has 1 aliphatic heterocycles. The molecule has 0 aliphatic carbocycles. The van der Waals surface area contributed by atoms with Crippen LogP contribution in [0, 0.1) is 0 Å². The van der Waals surface area contributed by atoms with Gasteiger partial charge in [0.25, 0.3) is 5.91 Å². The summed E-state index contributed by atoms with van der Waals surface area (Å²) in [6.45, 7) is 11.3. The fourth-order valence-electron chi connectivity index (χ4n) is 3.42. The maximum Gasteiger partial charge on any atom is 0.534 e. The largest absolute Gasteiger partial charge is 0.534 e. The molecule has 9 nitrogen and oxygen atoms in total. The molecule has 0 fully saturated rings. The lowest BCUT2D eigenvalue weighted by atomic mass is 9.89. The number of carbonyl (C=O) groups excluding carboxylic acids is 3. The van der Waals surface area contributed by atoms with E-state index in [0.29, 0.717) is 16.3 Å². The van der Waals surface area contributed by atoms with Crippen molar-refractivity contribution in [3.8, 4) is 0 Å². The van der Waals surface area contributed by atoms with Gasteiger partial charge >= 0.3 is 12.2 Å². The average molecular weight is 595 g/mol. The molecule has 1 heterocycles. The van der Waals surface area contributed by atoms with Crippen LogP contribution in [0.1, 0.15) is 54.0 Å². The highest BCUT2D eigenvalue weighted by Crippen LogP contribution is 2.37. The molecule has 0 saturated carbocycles. The molecular weight excluding hydrogens is 566 g/mol. The Morgan fingerprint density at radius 2 is 1.54 bits per heavy atom. The van der Waals surface area contributed by atoms with Crippen molar-refractivity contribution < 1.29 is 28.7 Å². The summed E-state index contributed by atoms with van der Waals surface area (Å²) in [5.74, 6) is -0.681. The van der Waals surface area contributed by atoms with E-state index < -0.39 is 34.9 Å². The molecule has 0 N–H and O–H groups in total. The van der Waals surface area contributed by atoms with Crippen molar-refractivity contribution >= 4 is 57.1 Å². The van der Waals surface area contributed by atoms with Gasteiger partial charge in [0.15, 0.2) is 0 Å². The fraction of sp³-hybridized carbons (Fsp3) is 0.385. The Morgan fingerprint density at radius 3 is 2.08 bits per heavy atom. The summed E-state index contributed by atoms with van der Waals surface area (Å²) in [6.07, 6.45) is -2.29. The van der Waals surface area contributed by atoms with Crippen molar-refractivity contribution in [3.05, 3.63) is 63.6 Å². The minimum atomic E-state index is -1.97. The summed E-state index contributed by atoms with van der Waals surface area (Å²) in [5, 5.41) is 6.52. The van der Waals surface area contributed by atoms with Gasteiger partial charge in [-0.3, -0.25) is 9.63 Å². The SMILES string of the molecule is CC(C)(C)OC(=O)ON(C(=O)OC(C)(C)C)C1(C)C(=O)N(c2ccc(Br)cc2)N=C1c1ccccc1Cl. The van der Waals surface area contributed by atoms with Crippen LogP contribution in [0.4, 0.5) is 15.3 Å². The van der Waals surface area contributed by atoms with Gasteiger partial charge in [0, 0.05) is 15.1 Å². The molecule has 11 heteroatoms. The number of hydrogen-bond donors (Lipinski definition) is 0. The van der Waals surface area contributed by atoms with Crippen molar-refractivity contribution in [1.29, 1.82) is 0 Å². The third kappa shape index (κ3) is 6.42. The summed E-state index contributed by atoms with van der Waals surface area (Å²) in [7, 11) is 0. The molecule has 2 aromatic carbocycles. The highest BCUT2D eigenvalue weighted by atomic mass is 79.9. The standard InChI is InChI=1S/C26H29BrClN3O6/c1-24(2,3)35-22(33)31(37-23(34)36-25(4,5)6)26(7)20(18-10-8-9-11-19(18)28)29-30(21(26)32)17-14-12-16(27)13-15-17/h8-15H,1-7H3. The zero-order chi connectivity index (χ0) is 27.8. The maximum absolute atomic E-state index is 14.1. The number of nitrogens with zero attached hydrogens (tertiary/aromatic N) is 3. The van der Waals surface area contributed by atoms with Gasteiger partial charge in [0.2, 0.25) is 5.54 Å². The molecule has 0 spiro atoms. The van der Waals surface area contributed by atoms with E-state index in [1.807, 2.05) is 0 Å². The number of halogens is 2. The minimum absolute atomic E-state index is 0.0698. The van der Waals surface area contributed by atoms with Crippen molar-refractivity contribution in [1.82, 2.24) is 5.06 Å². The zero-order valence-corrected chi connectivity index (χ0v) is 24.0. The Balaban J connectivity index is 2.20. The van der Waals surface area contributed by atoms with Gasteiger partial charge in [-0.05, 0) is 78.8 Å². The van der Waals surface area contributed by atoms with Crippen LogP contribution >= 0.6 is 27.5 Å². The number of rotatable bonds is 3. The predicted octanol–water partition coefficient (Wildman–Crippen LogP) is 6.72. The Labute approximate surface area is 229 Å². The smallest absolute Gasteiger partial charge is 0.442 e. The van der Waals surface area contributed by atoms with Crippen LogP contribution in [0.25, 0.3) is 0 Å². The topological polar surface area (TPSA) is 97.7 Å². The number of hydroxylamine groups is 2. The van der Waals surface area contributed by atoms with Gasteiger partial charge in [0.05, 0.1) is 5.69 Å². The van der Waals surface area contributed by atoms with Crippen molar-refractivity contribution in [3.63, 3.8) is 0 Å². The first-order chi connectivity index (χ1) is 17.0. The quantitative estimate of drug-likeness (QED) is 0.289. The van der Waals surface area contributed by atoms with Crippen LogP contribution in [0.15, 0.2) is 58.1 Å². The number of benzene rings is 2. The van der Waals surface area contributed by atoms with Gasteiger partial charge in [-0.1, -0.05) is 45.7 Å². The molecule has 198 valence electrons. The minimum Gasteiger partial charge on any atom is -0.442 e. The first-order valence-electron chi connectivity index (χ1n) is 11.4. The monoisotopic (exact) mass is 593 g/mol. The second-order valence-corrected chi connectivity index (χ2v) is 11.7. The predicted molar refractivity (Wildman–Crippen MR) is 143 cm³/mol. The third-order valence-corrected chi connectivity index (χ3v) is 5.85. The van der Waals surface area contributed by atoms with Crippen LogP contribution in [0.2, 0.25) is 5.02 Å². The lowest BCUT2D eigenvalue weighted by Crippen LogP contribution is -2.61. The lowest BCUT2D eigenvalue weighted by Gasteiger charge is -2.36. The van der Waals surface area contributed by atoms with Gasteiger partial charge < -0.3 is 9.47 Å². The van der Waals surface area contributed by atoms with E-state index in [2.05, 4.69) is 21.0 Å². The summed E-state index contributed by atoms with van der Waals surface area (Å²) < 4.78 is 11.6. The van der Waals surface area contributed by atoms with Gasteiger partial charge in [-0.2, -0.15) is 10.1 Å². The Morgan fingerprint density at radius 1 is 0.973 bits per heavy atom. The van der Waals surface area contributed by atoms with Gasteiger partial charge in [0.1, 0.15) is 16.9 Å². The van der Waals surface area contributed by atoms with E-state index in [9.17, 15) is 14.4 Å². The van der Waals surface area contributed by atoms with Gasteiger partial charge in [-0.15, -0.1) is 5.06 Å². The molecule has 1 aliphatic rings. The van der Waals surface area contributed by atoms with Crippen LogP contribution < -0.4 is 5.01 Å². The molecule has 2 amide bonds. The van der Waals surface area contributed by atoms with E-state index in [4.69, 9.17) is 25.9 Å². The van der Waals surface area contributed by atoms with Gasteiger partial charge in [-0.25, -0.2) is 9.59 Å². The van der Waals surface area contributed by atoms with E-state index >= 15 is 0 Å². The fourth-order valence-corrected chi connectivity index (χ4v) is 3.91. The van der Waals surface area contributed by atoms with Crippen LogP contribution in [-0.4, -0.2) is 45.7 Å². The summed E-state index contributed by atoms with van der Waals surface area (Å²) in [4.78, 5) is 45.7. The Bertz CT molecular complexity index is 1240. The second kappa shape index (κ2) is 10.3. The van der Waals surface area contributed by atoms with Crippen LogP contribution in [0.3, 0.4) is 0 Å². The average Bonchev–Trinajstić information content (AvgIpc) is 3.02. The maximum atomic E-state index is 14.1. The molecule has 0 radical (unpaired) electrons. The van der Waals surface area contributed by atoms with Crippen molar-refractivity contribution in [2.45, 2.75) is 65.2 Å². The number of anilines is 1. The lowest BCUT2D eigenvalue weighted by molar-refractivity contribution is -0.171. The molecule has 1 atom stereocenters. The van der Waals surface area contributed by atoms with E-state index in [-0.39, 0.29) is 10.7 Å². The second-order valence-electron chi connectivity index (χ2n) is 10.4. The normalized spacial score (nSPS) is 17.8. The van der Waals surface area contributed by atoms with Crippen molar-refractivity contribution in [2.24, 2.45) is 5.10 Å². The van der Waals surface area contributed by atoms with Crippen LogP contribution in [-0.2, 0) is 19.1 Å². The van der Waals surface area contributed by atoms with Crippen LogP contribution in [0.5, 0.6) is 0 Å². The molecule has 0 bridgehead atoms. The Hall–Kier alpha value is -3.11. The molecular formula is C26H29BrClN3O6. The number of carbonyl (C=O) groups is 3. The molecule has 0 aromatic heterocycles. The number of ether oxygens (including phenoxy) is 2. The number of amides is 2. The highest BCUT2D eigenvalue weighted by Gasteiger charge is 2.58. The Kier molecular flexibility index (Phi) is 7.95. The summed E-state index contributed by atoms with van der Waals surface area (Å²) in [5.41, 5.74) is -3.03. The van der Waals surface area contributed by atoms with E-state index in [1.165, 1.54) is 6.92 Å². The molecule has 0 saturated heterocycles. The molecule has 37 heavy (non-hydrogen) atoms. The summed E-state index contributed by atoms with van der Waals surface area (Å²) in [6, 6.07) is 13.5. The molecule has 1 unspecified atom stereocenters. The first kappa shape index (κ1) is 28.5. The van der Waals surface area contributed by atoms with E-state index in [1.54, 1.807) is 90.1 Å². The zero-order valence-electron chi connectivity index (χ0n) is 21.7. The van der Waals surface area contributed by atoms with Crippen molar-refractivity contribution in [2.75, 3.05) is 5.01 Å². The van der Waals surface area contributed by atoms with E-state index in [0.717, 1.165) is 9.48 Å². The number of hydrazone groups is 1. The molecule has 3 rings (SSSR count). The summed E-state index contributed by atoms with van der Waals surface area (Å²) >= 11 is 9.87. The third-order valence-electron chi connectivity index (χ3n) is 4.99. The number of hydrogen-bond acceptors (Lipinski definition) is 7. The highest BCUT2D eigenvalue weighted by molar-refractivity contribution is 9.10. The first-order valence-corrected chi connectivity index (χ1v) is 12.6.